The third kappa shape index (κ3) is 5.08. The summed E-state index contributed by atoms with van der Waals surface area (Å²) in [5, 5.41) is 2.24. The molecule has 0 aliphatic carbocycles. The van der Waals surface area contributed by atoms with Gasteiger partial charge in [0, 0.05) is 12.6 Å². The number of anilines is 2. The number of rotatable bonds is 4. The van der Waals surface area contributed by atoms with Crippen LogP contribution in [0.2, 0.25) is 10.0 Å². The van der Waals surface area contributed by atoms with Gasteiger partial charge < -0.3 is 5.32 Å². The van der Waals surface area contributed by atoms with Crippen molar-refractivity contribution in [3.8, 4) is 0 Å². The van der Waals surface area contributed by atoms with Crippen LogP contribution in [0.15, 0.2) is 42.5 Å². The second kappa shape index (κ2) is 8.49. The van der Waals surface area contributed by atoms with Crippen molar-refractivity contribution >= 4 is 56.6 Å². The molecule has 0 bridgehead atoms. The van der Waals surface area contributed by atoms with Gasteiger partial charge in [-0.2, -0.15) is 13.2 Å². The number of hydrogen-bond donors (Lipinski definition) is 1. The predicted molar refractivity (Wildman–Crippen MR) is 111 cm³/mol. The number of alkyl halides is 3. The van der Waals surface area contributed by atoms with Crippen LogP contribution < -0.4 is 9.62 Å². The molecule has 0 radical (unpaired) electrons. The van der Waals surface area contributed by atoms with E-state index in [-0.39, 0.29) is 22.0 Å². The van der Waals surface area contributed by atoms with Crippen molar-refractivity contribution in [1.29, 1.82) is 0 Å². The van der Waals surface area contributed by atoms with E-state index in [9.17, 15) is 26.4 Å². The number of amides is 1. The van der Waals surface area contributed by atoms with Gasteiger partial charge in [0.25, 0.3) is 0 Å². The van der Waals surface area contributed by atoms with Crippen molar-refractivity contribution in [3.63, 3.8) is 0 Å². The molecule has 0 aromatic heterocycles. The van der Waals surface area contributed by atoms with E-state index in [1.807, 2.05) is 0 Å². The maximum Gasteiger partial charge on any atom is 0.417 e. The summed E-state index contributed by atoms with van der Waals surface area (Å²) in [7, 11) is -3.40. The molecule has 1 heterocycles. The molecule has 30 heavy (non-hydrogen) atoms. The Morgan fingerprint density at radius 3 is 2.43 bits per heavy atom. The van der Waals surface area contributed by atoms with E-state index in [2.05, 4.69) is 5.32 Å². The molecular weight excluding hydrogens is 464 g/mol. The van der Waals surface area contributed by atoms with Crippen molar-refractivity contribution in [2.24, 2.45) is 0 Å². The van der Waals surface area contributed by atoms with E-state index in [1.165, 1.54) is 34.6 Å². The number of halogens is 5. The lowest BCUT2D eigenvalue weighted by molar-refractivity contribution is -0.137. The fourth-order valence-electron chi connectivity index (χ4n) is 2.90. The molecule has 1 N–H and O–H groups in total. The number of carbonyl (C=O) groups excluding carboxylic acids is 1. The Morgan fingerprint density at radius 1 is 1.10 bits per heavy atom. The van der Waals surface area contributed by atoms with Crippen molar-refractivity contribution < 1.29 is 26.4 Å². The van der Waals surface area contributed by atoms with E-state index in [1.54, 1.807) is 0 Å². The quantitative estimate of drug-likeness (QED) is 0.613. The first-order valence-corrected chi connectivity index (χ1v) is 11.0. The van der Waals surface area contributed by atoms with Crippen LogP contribution in [0.5, 0.6) is 0 Å². The number of carbonyl (C=O) groups is 1. The standard InChI is InChI=1S/C19H15Cl2F3N2O3S/c20-15-5-2-12(10-14(15)19(22,23)24)3-7-18(27)25-17-11-13(4-6-16(17)21)26-8-1-9-30(26,28)29/h2-7,10-11H,1,8-9H2,(H,25,27)/b7-3+. The second-order valence-electron chi connectivity index (χ2n) is 6.47. The summed E-state index contributed by atoms with van der Waals surface area (Å²) in [4.78, 5) is 12.2. The van der Waals surface area contributed by atoms with Gasteiger partial charge in [-0.3, -0.25) is 9.10 Å². The fraction of sp³-hybridized carbons (Fsp3) is 0.211. The van der Waals surface area contributed by atoms with Crippen LogP contribution in [-0.4, -0.2) is 26.6 Å². The summed E-state index contributed by atoms with van der Waals surface area (Å²) in [5.41, 5.74) is -0.333. The average Bonchev–Trinajstić information content (AvgIpc) is 3.01. The molecule has 2 aromatic rings. The van der Waals surface area contributed by atoms with Gasteiger partial charge in [-0.1, -0.05) is 29.3 Å². The Hall–Kier alpha value is -2.23. The molecule has 0 spiro atoms. The van der Waals surface area contributed by atoms with Crippen LogP contribution in [-0.2, 0) is 21.0 Å². The molecule has 1 amide bonds. The Bertz CT molecular complexity index is 1120. The van der Waals surface area contributed by atoms with Crippen molar-refractivity contribution in [1.82, 2.24) is 0 Å². The summed E-state index contributed by atoms with van der Waals surface area (Å²) in [6.07, 6.45) is -1.88. The Morgan fingerprint density at radius 2 is 1.80 bits per heavy atom. The zero-order valence-corrected chi connectivity index (χ0v) is 17.5. The molecule has 2 aromatic carbocycles. The highest BCUT2D eigenvalue weighted by Crippen LogP contribution is 2.35. The van der Waals surface area contributed by atoms with Crippen LogP contribution in [0.4, 0.5) is 24.5 Å². The Labute approximate surface area is 181 Å². The van der Waals surface area contributed by atoms with Crippen molar-refractivity contribution in [2.45, 2.75) is 12.6 Å². The molecule has 11 heteroatoms. The van der Waals surface area contributed by atoms with Gasteiger partial charge in [0.15, 0.2) is 0 Å². The lowest BCUT2D eigenvalue weighted by Gasteiger charge is -2.18. The third-order valence-corrected chi connectivity index (χ3v) is 6.85. The van der Waals surface area contributed by atoms with Gasteiger partial charge >= 0.3 is 6.18 Å². The van der Waals surface area contributed by atoms with E-state index in [0.29, 0.717) is 18.7 Å². The maximum absolute atomic E-state index is 12.9. The SMILES string of the molecule is O=C(/C=C/c1ccc(Cl)c(C(F)(F)F)c1)Nc1cc(N2CCCS2(=O)=O)ccc1Cl. The van der Waals surface area contributed by atoms with Crippen LogP contribution in [0.3, 0.4) is 0 Å². The highest BCUT2D eigenvalue weighted by Gasteiger charge is 2.33. The van der Waals surface area contributed by atoms with Crippen LogP contribution in [0.1, 0.15) is 17.5 Å². The number of nitrogens with zero attached hydrogens (tertiary/aromatic N) is 1. The Kier molecular flexibility index (Phi) is 6.35. The van der Waals surface area contributed by atoms with E-state index < -0.39 is 32.7 Å². The molecule has 5 nitrogen and oxygen atoms in total. The average molecular weight is 479 g/mol. The molecule has 1 saturated heterocycles. The van der Waals surface area contributed by atoms with Crippen LogP contribution in [0, 0.1) is 0 Å². The number of benzene rings is 2. The Balaban J connectivity index is 1.78. The zero-order valence-electron chi connectivity index (χ0n) is 15.2. The zero-order chi connectivity index (χ0) is 22.1. The fourth-order valence-corrected chi connectivity index (χ4v) is 4.85. The topological polar surface area (TPSA) is 66.5 Å². The number of sulfonamides is 1. The molecular formula is C19H15Cl2F3N2O3S. The van der Waals surface area contributed by atoms with Gasteiger partial charge in [-0.15, -0.1) is 0 Å². The van der Waals surface area contributed by atoms with Gasteiger partial charge in [-0.25, -0.2) is 8.42 Å². The van der Waals surface area contributed by atoms with Crippen molar-refractivity contribution in [2.75, 3.05) is 21.9 Å². The van der Waals surface area contributed by atoms with Gasteiger partial charge in [-0.05, 0) is 48.4 Å². The van der Waals surface area contributed by atoms with Gasteiger partial charge in [0.05, 0.1) is 32.7 Å². The minimum absolute atomic E-state index is 0.0427. The maximum atomic E-state index is 12.9. The summed E-state index contributed by atoms with van der Waals surface area (Å²) < 4.78 is 64.2. The molecule has 0 saturated carbocycles. The monoisotopic (exact) mass is 478 g/mol. The lowest BCUT2D eigenvalue weighted by atomic mass is 10.1. The summed E-state index contributed by atoms with van der Waals surface area (Å²) in [6.45, 7) is 0.329. The first-order valence-electron chi connectivity index (χ1n) is 8.63. The minimum atomic E-state index is -4.62. The second-order valence-corrected chi connectivity index (χ2v) is 9.29. The lowest BCUT2D eigenvalue weighted by Crippen LogP contribution is -2.25. The summed E-state index contributed by atoms with van der Waals surface area (Å²) in [5.74, 6) is -0.608. The van der Waals surface area contributed by atoms with Gasteiger partial charge in [0.2, 0.25) is 15.9 Å². The molecule has 160 valence electrons. The molecule has 1 aliphatic heterocycles. The number of hydrogen-bond acceptors (Lipinski definition) is 3. The van der Waals surface area contributed by atoms with Crippen LogP contribution >= 0.6 is 23.2 Å². The molecule has 0 atom stereocenters. The molecule has 1 fully saturated rings. The first-order chi connectivity index (χ1) is 14.0. The summed E-state index contributed by atoms with van der Waals surface area (Å²) >= 11 is 11.6. The molecule has 1 aliphatic rings. The predicted octanol–water partition coefficient (Wildman–Crippen LogP) is 5.20. The largest absolute Gasteiger partial charge is 0.417 e. The van der Waals surface area contributed by atoms with Crippen molar-refractivity contribution in [3.05, 3.63) is 63.6 Å². The molecule has 3 rings (SSSR count). The minimum Gasteiger partial charge on any atom is -0.321 e. The third-order valence-electron chi connectivity index (χ3n) is 4.32. The van der Waals surface area contributed by atoms with E-state index in [0.717, 1.165) is 18.2 Å². The van der Waals surface area contributed by atoms with Gasteiger partial charge in [0.1, 0.15) is 0 Å². The molecule has 0 unspecified atom stereocenters. The van der Waals surface area contributed by atoms with E-state index in [4.69, 9.17) is 23.2 Å². The highest BCUT2D eigenvalue weighted by atomic mass is 35.5. The van der Waals surface area contributed by atoms with E-state index >= 15 is 0 Å². The van der Waals surface area contributed by atoms with Crippen LogP contribution in [0.25, 0.3) is 6.08 Å². The highest BCUT2D eigenvalue weighted by molar-refractivity contribution is 7.93. The smallest absolute Gasteiger partial charge is 0.321 e. The first kappa shape index (κ1) is 22.5. The number of nitrogens with one attached hydrogen (secondary N) is 1. The summed E-state index contributed by atoms with van der Waals surface area (Å²) in [6, 6.07) is 7.69. The normalized spacial score (nSPS) is 16.2.